The molecule has 0 radical (unpaired) electrons. The summed E-state index contributed by atoms with van der Waals surface area (Å²) < 4.78 is 2.91. The summed E-state index contributed by atoms with van der Waals surface area (Å²) in [6, 6.07) is 12.6. The second kappa shape index (κ2) is 9.21. The zero-order chi connectivity index (χ0) is 23.9. The molecule has 1 saturated heterocycles. The number of benzene rings is 2. The molecule has 0 saturated carbocycles. The first-order valence-electron chi connectivity index (χ1n) is 9.92. The molecule has 0 atom stereocenters. The molecule has 1 amide bonds. The molecule has 6 nitrogen and oxygen atoms in total. The number of aromatic nitrogens is 1. The summed E-state index contributed by atoms with van der Waals surface area (Å²) in [5.41, 5.74) is 5.15. The topological polar surface area (TPSA) is 83.7 Å². The monoisotopic (exact) mass is 543 g/mol. The fraction of sp³-hybridized carbons (Fsp3) is 0.125. The summed E-state index contributed by atoms with van der Waals surface area (Å²) in [7, 11) is 0. The molecule has 0 spiro atoms. The minimum Gasteiger partial charge on any atom is -0.478 e. The van der Waals surface area contributed by atoms with Gasteiger partial charge in [-0.2, -0.15) is 0 Å². The molecule has 1 fully saturated rings. The Labute approximate surface area is 208 Å². The predicted molar refractivity (Wildman–Crippen MR) is 137 cm³/mol. The van der Waals surface area contributed by atoms with E-state index in [4.69, 9.17) is 11.6 Å². The maximum absolute atomic E-state index is 12.6. The Balaban J connectivity index is 1.67. The minimum absolute atomic E-state index is 0.0383. The number of carbonyl (C=O) groups excluding carboxylic acids is 1. The van der Waals surface area contributed by atoms with Crippen molar-refractivity contribution in [3.8, 4) is 5.69 Å². The van der Waals surface area contributed by atoms with E-state index in [0.717, 1.165) is 32.7 Å². The molecular formula is C24H19BrClN3O3S. The molecule has 33 heavy (non-hydrogen) atoms. The number of aromatic carboxylic acids is 1. The van der Waals surface area contributed by atoms with Gasteiger partial charge in [-0.05, 0) is 92.2 Å². The number of carboxylic acid groups (broad SMARTS) is 1. The first-order valence-corrected chi connectivity index (χ1v) is 11.9. The zero-order valence-electron chi connectivity index (χ0n) is 17.9. The number of thioether (sulfide) groups is 1. The van der Waals surface area contributed by atoms with Crippen LogP contribution < -0.4 is 5.32 Å². The summed E-state index contributed by atoms with van der Waals surface area (Å²) in [5, 5.41) is 12.9. The van der Waals surface area contributed by atoms with E-state index in [1.54, 1.807) is 18.2 Å². The zero-order valence-corrected chi connectivity index (χ0v) is 21.1. The number of hydrogen-bond acceptors (Lipinski definition) is 4. The van der Waals surface area contributed by atoms with Crippen LogP contribution in [0.1, 0.15) is 32.9 Å². The highest BCUT2D eigenvalue weighted by Gasteiger charge is 2.25. The number of aliphatic imine (C=N–C) groups is 1. The Morgan fingerprint density at radius 3 is 2.64 bits per heavy atom. The number of amidine groups is 1. The maximum Gasteiger partial charge on any atom is 0.337 e. The molecule has 2 N–H and O–H groups in total. The molecule has 1 aromatic heterocycles. The molecule has 168 valence electrons. The SMILES string of the molecule is Cc1cc(Br)ccc1N=C1NC(=O)/C(=C/c2cc(C)n(-c3ccc(Cl)c(C(=O)O)c3)c2C)S1. The molecule has 2 aromatic carbocycles. The van der Waals surface area contributed by atoms with Crippen molar-refractivity contribution in [2.75, 3.05) is 0 Å². The van der Waals surface area contributed by atoms with Crippen molar-refractivity contribution in [3.05, 3.63) is 84.9 Å². The lowest BCUT2D eigenvalue weighted by Gasteiger charge is -2.11. The van der Waals surface area contributed by atoms with Crippen LogP contribution in [0.2, 0.25) is 5.02 Å². The van der Waals surface area contributed by atoms with Crippen molar-refractivity contribution in [3.63, 3.8) is 0 Å². The molecule has 0 aliphatic carbocycles. The number of amides is 1. The van der Waals surface area contributed by atoms with Gasteiger partial charge >= 0.3 is 5.97 Å². The second-order valence-corrected chi connectivity index (χ2v) is 9.90. The first-order chi connectivity index (χ1) is 15.6. The normalized spacial score (nSPS) is 16.0. The Bertz CT molecular complexity index is 1380. The molecule has 0 unspecified atom stereocenters. The van der Waals surface area contributed by atoms with Gasteiger partial charge in [0.25, 0.3) is 5.91 Å². The van der Waals surface area contributed by atoms with E-state index < -0.39 is 5.97 Å². The lowest BCUT2D eigenvalue weighted by molar-refractivity contribution is -0.115. The number of nitrogens with zero attached hydrogens (tertiary/aromatic N) is 2. The number of hydrogen-bond donors (Lipinski definition) is 2. The van der Waals surface area contributed by atoms with Gasteiger partial charge in [-0.3, -0.25) is 4.79 Å². The van der Waals surface area contributed by atoms with Gasteiger partial charge in [-0.1, -0.05) is 27.5 Å². The lowest BCUT2D eigenvalue weighted by atomic mass is 10.2. The molecule has 9 heteroatoms. The Kier molecular flexibility index (Phi) is 6.52. The molecule has 1 aliphatic heterocycles. The van der Waals surface area contributed by atoms with E-state index >= 15 is 0 Å². The standard InChI is InChI=1S/C24H19BrClN3O3S/c1-12-8-16(25)4-7-20(12)27-24-28-22(30)21(33-24)10-15-9-13(2)29(14(15)3)17-5-6-19(26)18(11-17)23(31)32/h4-11H,1-3H3,(H,31,32)(H,27,28,30)/b21-10-. The van der Waals surface area contributed by atoms with Gasteiger partial charge in [0.15, 0.2) is 5.17 Å². The van der Waals surface area contributed by atoms with Gasteiger partial charge in [0.2, 0.25) is 0 Å². The summed E-state index contributed by atoms with van der Waals surface area (Å²) >= 11 is 10.7. The Morgan fingerprint density at radius 1 is 1.18 bits per heavy atom. The van der Waals surface area contributed by atoms with Gasteiger partial charge in [-0.25, -0.2) is 9.79 Å². The van der Waals surface area contributed by atoms with Crippen LogP contribution in [0, 0.1) is 20.8 Å². The Hall–Kier alpha value is -2.81. The van der Waals surface area contributed by atoms with Crippen molar-refractivity contribution in [1.82, 2.24) is 9.88 Å². The number of nitrogens with one attached hydrogen (secondary N) is 1. The third-order valence-electron chi connectivity index (χ3n) is 5.23. The largest absolute Gasteiger partial charge is 0.478 e. The van der Waals surface area contributed by atoms with Crippen LogP contribution in [0.5, 0.6) is 0 Å². The predicted octanol–water partition coefficient (Wildman–Crippen LogP) is 6.41. The van der Waals surface area contributed by atoms with E-state index in [2.05, 4.69) is 26.2 Å². The van der Waals surface area contributed by atoms with Crippen LogP contribution in [0.3, 0.4) is 0 Å². The average molecular weight is 545 g/mol. The maximum atomic E-state index is 12.6. The van der Waals surface area contributed by atoms with Crippen molar-refractivity contribution >= 4 is 68.1 Å². The van der Waals surface area contributed by atoms with E-state index in [9.17, 15) is 14.7 Å². The van der Waals surface area contributed by atoms with Crippen LogP contribution >= 0.6 is 39.3 Å². The third kappa shape index (κ3) is 4.78. The molecule has 4 rings (SSSR count). The molecule has 3 aromatic rings. The van der Waals surface area contributed by atoms with E-state index in [1.165, 1.54) is 11.8 Å². The summed E-state index contributed by atoms with van der Waals surface area (Å²) in [4.78, 5) is 29.2. The minimum atomic E-state index is -1.08. The summed E-state index contributed by atoms with van der Waals surface area (Å²) in [5.74, 6) is -1.29. The molecule has 1 aliphatic rings. The molecule has 0 bridgehead atoms. The smallest absolute Gasteiger partial charge is 0.337 e. The fourth-order valence-corrected chi connectivity index (χ4v) is 5.12. The van der Waals surface area contributed by atoms with E-state index in [0.29, 0.717) is 15.8 Å². The van der Waals surface area contributed by atoms with Gasteiger partial charge in [0.1, 0.15) is 0 Å². The number of rotatable bonds is 4. The van der Waals surface area contributed by atoms with E-state index in [-0.39, 0.29) is 16.5 Å². The number of carbonyl (C=O) groups is 2. The van der Waals surface area contributed by atoms with Crippen LogP contribution in [0.4, 0.5) is 5.69 Å². The van der Waals surface area contributed by atoms with Crippen LogP contribution in [-0.2, 0) is 4.79 Å². The van der Waals surface area contributed by atoms with Crippen LogP contribution in [-0.4, -0.2) is 26.7 Å². The van der Waals surface area contributed by atoms with Gasteiger partial charge in [-0.15, -0.1) is 0 Å². The average Bonchev–Trinajstić information content (AvgIpc) is 3.23. The van der Waals surface area contributed by atoms with Crippen molar-refractivity contribution < 1.29 is 14.7 Å². The van der Waals surface area contributed by atoms with E-state index in [1.807, 2.05) is 55.7 Å². The van der Waals surface area contributed by atoms with Crippen molar-refractivity contribution in [2.45, 2.75) is 20.8 Å². The summed E-state index contributed by atoms with van der Waals surface area (Å²) in [6.07, 6.45) is 1.82. The summed E-state index contributed by atoms with van der Waals surface area (Å²) in [6.45, 7) is 5.81. The highest BCUT2D eigenvalue weighted by Crippen LogP contribution is 2.32. The number of halogens is 2. The second-order valence-electron chi connectivity index (χ2n) is 7.54. The van der Waals surface area contributed by atoms with Crippen molar-refractivity contribution in [2.24, 2.45) is 4.99 Å². The van der Waals surface area contributed by atoms with Crippen LogP contribution in [0.15, 0.2) is 56.8 Å². The third-order valence-corrected chi connectivity index (χ3v) is 6.96. The number of carboxylic acids is 1. The fourth-order valence-electron chi connectivity index (χ4n) is 3.62. The van der Waals surface area contributed by atoms with Crippen LogP contribution in [0.25, 0.3) is 11.8 Å². The highest BCUT2D eigenvalue weighted by molar-refractivity contribution is 9.10. The quantitative estimate of drug-likeness (QED) is 0.372. The number of aryl methyl sites for hydroxylation is 2. The van der Waals surface area contributed by atoms with Crippen molar-refractivity contribution in [1.29, 1.82) is 0 Å². The lowest BCUT2D eigenvalue weighted by Crippen LogP contribution is -2.19. The first kappa shape index (κ1) is 23.4. The highest BCUT2D eigenvalue weighted by atomic mass is 79.9. The van der Waals surface area contributed by atoms with Gasteiger partial charge < -0.3 is 15.0 Å². The molecular weight excluding hydrogens is 526 g/mol. The van der Waals surface area contributed by atoms with Gasteiger partial charge in [0.05, 0.1) is 21.2 Å². The molecule has 2 heterocycles. The Morgan fingerprint density at radius 2 is 1.94 bits per heavy atom. The van der Waals surface area contributed by atoms with Gasteiger partial charge in [0, 0.05) is 21.5 Å².